The fourth-order valence-electron chi connectivity index (χ4n) is 2.92. The Labute approximate surface area is 120 Å². The number of carboxylic acids is 1. The van der Waals surface area contributed by atoms with E-state index in [0.717, 1.165) is 25.9 Å². The van der Waals surface area contributed by atoms with Crippen LogP contribution in [0.1, 0.15) is 32.3 Å². The monoisotopic (exact) mass is 276 g/mol. The highest BCUT2D eigenvalue weighted by atomic mass is 16.4. The topological polar surface area (TPSA) is 52.6 Å². The molecule has 1 aromatic rings. The minimum Gasteiger partial charge on any atom is -0.480 e. The lowest BCUT2D eigenvalue weighted by Crippen LogP contribution is -2.49. The molecule has 0 amide bonds. The van der Waals surface area contributed by atoms with E-state index in [1.807, 2.05) is 6.92 Å². The fourth-order valence-corrected chi connectivity index (χ4v) is 2.92. The SMILES string of the molecule is CCNC(C)(CCCN1CCc2ccccc21)C(=O)O. The van der Waals surface area contributed by atoms with E-state index in [1.165, 1.54) is 11.3 Å². The zero-order valence-corrected chi connectivity index (χ0v) is 12.4. The Morgan fingerprint density at radius 2 is 2.20 bits per heavy atom. The number of para-hydroxylation sites is 1. The van der Waals surface area contributed by atoms with Crippen molar-refractivity contribution in [1.29, 1.82) is 0 Å². The predicted molar refractivity (Wildman–Crippen MR) is 81.3 cm³/mol. The van der Waals surface area contributed by atoms with Crippen LogP contribution < -0.4 is 10.2 Å². The number of carboxylic acid groups (broad SMARTS) is 1. The highest BCUT2D eigenvalue weighted by Crippen LogP contribution is 2.28. The first-order valence-corrected chi connectivity index (χ1v) is 7.38. The van der Waals surface area contributed by atoms with Crippen LogP contribution in [-0.2, 0) is 11.2 Å². The molecule has 110 valence electrons. The molecule has 0 aliphatic carbocycles. The molecule has 0 radical (unpaired) electrons. The van der Waals surface area contributed by atoms with Gasteiger partial charge >= 0.3 is 5.97 Å². The number of likely N-dealkylation sites (N-methyl/N-ethyl adjacent to an activating group) is 1. The van der Waals surface area contributed by atoms with Crippen molar-refractivity contribution >= 4 is 11.7 Å². The molecule has 1 aliphatic heterocycles. The lowest BCUT2D eigenvalue weighted by molar-refractivity contribution is -0.144. The van der Waals surface area contributed by atoms with E-state index in [1.54, 1.807) is 6.92 Å². The molecule has 2 N–H and O–H groups in total. The molecule has 1 atom stereocenters. The van der Waals surface area contributed by atoms with Gasteiger partial charge in [0.2, 0.25) is 0 Å². The summed E-state index contributed by atoms with van der Waals surface area (Å²) >= 11 is 0. The van der Waals surface area contributed by atoms with Gasteiger partial charge in [-0.05, 0) is 44.4 Å². The Morgan fingerprint density at radius 1 is 1.45 bits per heavy atom. The largest absolute Gasteiger partial charge is 0.480 e. The molecule has 0 saturated heterocycles. The van der Waals surface area contributed by atoms with Crippen molar-refractivity contribution in [3.05, 3.63) is 29.8 Å². The Balaban J connectivity index is 1.89. The van der Waals surface area contributed by atoms with Crippen molar-refractivity contribution in [3.63, 3.8) is 0 Å². The molecule has 1 aromatic carbocycles. The number of fused-ring (bicyclic) bond motifs is 1. The van der Waals surface area contributed by atoms with E-state index in [9.17, 15) is 9.90 Å². The number of hydrogen-bond donors (Lipinski definition) is 2. The fraction of sp³-hybridized carbons (Fsp3) is 0.562. The maximum absolute atomic E-state index is 11.4. The third kappa shape index (κ3) is 3.12. The van der Waals surface area contributed by atoms with Gasteiger partial charge in [-0.1, -0.05) is 25.1 Å². The first kappa shape index (κ1) is 14.9. The van der Waals surface area contributed by atoms with Crippen LogP contribution in [0.2, 0.25) is 0 Å². The van der Waals surface area contributed by atoms with Gasteiger partial charge in [0.1, 0.15) is 5.54 Å². The van der Waals surface area contributed by atoms with Crippen LogP contribution in [0, 0.1) is 0 Å². The molecule has 1 aliphatic rings. The Hall–Kier alpha value is -1.55. The molecule has 1 unspecified atom stereocenters. The summed E-state index contributed by atoms with van der Waals surface area (Å²) in [4.78, 5) is 13.7. The summed E-state index contributed by atoms with van der Waals surface area (Å²) in [5, 5.41) is 12.4. The summed E-state index contributed by atoms with van der Waals surface area (Å²) < 4.78 is 0. The normalized spacial score (nSPS) is 16.8. The average Bonchev–Trinajstić information content (AvgIpc) is 2.82. The van der Waals surface area contributed by atoms with Crippen molar-refractivity contribution in [1.82, 2.24) is 5.32 Å². The molecule has 0 bridgehead atoms. The van der Waals surface area contributed by atoms with Crippen LogP contribution in [-0.4, -0.2) is 36.2 Å². The molecule has 1 heterocycles. The first-order valence-electron chi connectivity index (χ1n) is 7.38. The van der Waals surface area contributed by atoms with Crippen molar-refractivity contribution in [2.24, 2.45) is 0 Å². The molecule has 0 fully saturated rings. The van der Waals surface area contributed by atoms with Gasteiger partial charge in [0, 0.05) is 18.8 Å². The molecule has 0 spiro atoms. The highest BCUT2D eigenvalue weighted by molar-refractivity contribution is 5.78. The standard InChI is InChI=1S/C16H24N2O2/c1-3-17-16(2,15(19)20)10-6-11-18-12-9-13-7-4-5-8-14(13)18/h4-5,7-8,17H,3,6,9-12H2,1-2H3,(H,19,20). The molecule has 0 saturated carbocycles. The van der Waals surface area contributed by atoms with Crippen molar-refractivity contribution in [2.75, 3.05) is 24.5 Å². The molecule has 4 heteroatoms. The number of nitrogens with one attached hydrogen (secondary N) is 1. The number of carbonyl (C=O) groups is 1. The van der Waals surface area contributed by atoms with E-state index in [4.69, 9.17) is 0 Å². The molecular formula is C16H24N2O2. The highest BCUT2D eigenvalue weighted by Gasteiger charge is 2.31. The summed E-state index contributed by atoms with van der Waals surface area (Å²) in [6.45, 7) is 6.36. The van der Waals surface area contributed by atoms with E-state index >= 15 is 0 Å². The summed E-state index contributed by atoms with van der Waals surface area (Å²) in [7, 11) is 0. The maximum Gasteiger partial charge on any atom is 0.323 e. The lowest BCUT2D eigenvalue weighted by Gasteiger charge is -2.27. The third-order valence-corrected chi connectivity index (χ3v) is 4.13. The summed E-state index contributed by atoms with van der Waals surface area (Å²) in [5.41, 5.74) is 1.90. The summed E-state index contributed by atoms with van der Waals surface area (Å²) in [5.74, 6) is -0.763. The van der Waals surface area contributed by atoms with Gasteiger partial charge in [0.25, 0.3) is 0 Å². The number of anilines is 1. The maximum atomic E-state index is 11.4. The van der Waals surface area contributed by atoms with Crippen LogP contribution in [0.15, 0.2) is 24.3 Å². The second-order valence-electron chi connectivity index (χ2n) is 5.64. The predicted octanol–water partition coefficient (Wildman–Crippen LogP) is 2.28. The molecule has 20 heavy (non-hydrogen) atoms. The van der Waals surface area contributed by atoms with Gasteiger partial charge in [-0.25, -0.2) is 0 Å². The zero-order valence-electron chi connectivity index (χ0n) is 12.4. The average molecular weight is 276 g/mol. The molecular weight excluding hydrogens is 252 g/mol. The number of aliphatic carboxylic acids is 1. The van der Waals surface area contributed by atoms with Gasteiger partial charge in [-0.2, -0.15) is 0 Å². The zero-order chi connectivity index (χ0) is 14.6. The molecule has 4 nitrogen and oxygen atoms in total. The quantitative estimate of drug-likeness (QED) is 0.802. The van der Waals surface area contributed by atoms with E-state index in [0.29, 0.717) is 13.0 Å². The Bertz CT molecular complexity index is 475. The smallest absolute Gasteiger partial charge is 0.323 e. The van der Waals surface area contributed by atoms with Crippen molar-refractivity contribution < 1.29 is 9.90 Å². The van der Waals surface area contributed by atoms with Crippen LogP contribution in [0.25, 0.3) is 0 Å². The van der Waals surface area contributed by atoms with Crippen LogP contribution in [0.5, 0.6) is 0 Å². The minimum atomic E-state index is -0.812. The Kier molecular flexibility index (Phi) is 4.65. The van der Waals surface area contributed by atoms with E-state index in [2.05, 4.69) is 34.5 Å². The number of benzene rings is 1. The van der Waals surface area contributed by atoms with E-state index in [-0.39, 0.29) is 0 Å². The third-order valence-electron chi connectivity index (χ3n) is 4.13. The van der Waals surface area contributed by atoms with Crippen LogP contribution >= 0.6 is 0 Å². The Morgan fingerprint density at radius 3 is 2.90 bits per heavy atom. The number of nitrogens with zero attached hydrogens (tertiary/aromatic N) is 1. The van der Waals surface area contributed by atoms with E-state index < -0.39 is 11.5 Å². The second-order valence-corrected chi connectivity index (χ2v) is 5.64. The number of hydrogen-bond acceptors (Lipinski definition) is 3. The summed E-state index contributed by atoms with van der Waals surface area (Å²) in [6.07, 6.45) is 2.62. The first-order chi connectivity index (χ1) is 9.57. The minimum absolute atomic E-state index is 0.648. The van der Waals surface area contributed by atoms with Crippen LogP contribution in [0.3, 0.4) is 0 Å². The van der Waals surface area contributed by atoms with Gasteiger partial charge in [0.05, 0.1) is 0 Å². The lowest BCUT2D eigenvalue weighted by atomic mass is 9.95. The van der Waals surface area contributed by atoms with Crippen molar-refractivity contribution in [2.45, 2.75) is 38.6 Å². The second kappa shape index (κ2) is 6.27. The van der Waals surface area contributed by atoms with Gasteiger partial charge in [0.15, 0.2) is 0 Å². The molecule has 2 rings (SSSR count). The van der Waals surface area contributed by atoms with Gasteiger partial charge in [-0.3, -0.25) is 4.79 Å². The number of rotatable bonds is 7. The summed E-state index contributed by atoms with van der Waals surface area (Å²) in [6, 6.07) is 8.48. The van der Waals surface area contributed by atoms with Gasteiger partial charge in [-0.15, -0.1) is 0 Å². The van der Waals surface area contributed by atoms with Crippen molar-refractivity contribution in [3.8, 4) is 0 Å². The van der Waals surface area contributed by atoms with Gasteiger partial charge < -0.3 is 15.3 Å². The molecule has 0 aromatic heterocycles. The van der Waals surface area contributed by atoms with Crippen LogP contribution in [0.4, 0.5) is 5.69 Å².